The molecule has 0 aliphatic rings. The first-order chi connectivity index (χ1) is 9.92. The number of rotatable bonds is 11. The summed E-state index contributed by atoms with van der Waals surface area (Å²) in [5, 5.41) is 6.38. The van der Waals surface area contributed by atoms with Crippen molar-refractivity contribution in [3.8, 4) is 0 Å². The van der Waals surface area contributed by atoms with Gasteiger partial charge in [0, 0.05) is 25.9 Å². The molecule has 0 heterocycles. The van der Waals surface area contributed by atoms with Crippen LogP contribution in [0.1, 0.15) is 33.6 Å². The van der Waals surface area contributed by atoms with E-state index >= 15 is 0 Å². The minimum atomic E-state index is -2.94. The third-order valence-electron chi connectivity index (χ3n) is 3.14. The number of hydrogen-bond acceptors (Lipinski definition) is 4. The summed E-state index contributed by atoms with van der Waals surface area (Å²) in [5.41, 5.74) is 0. The van der Waals surface area contributed by atoms with E-state index in [0.29, 0.717) is 19.1 Å². The van der Waals surface area contributed by atoms with Crippen LogP contribution in [-0.2, 0) is 14.6 Å². The lowest BCUT2D eigenvalue weighted by atomic mass is 10.0. The van der Waals surface area contributed by atoms with Gasteiger partial charge in [-0.05, 0) is 12.8 Å². The molecule has 0 fully saturated rings. The lowest BCUT2D eigenvalue weighted by molar-refractivity contribution is 0.154. The Morgan fingerprint density at radius 1 is 1.14 bits per heavy atom. The van der Waals surface area contributed by atoms with Gasteiger partial charge < -0.3 is 15.4 Å². The van der Waals surface area contributed by atoms with Crippen LogP contribution in [0.15, 0.2) is 4.99 Å². The van der Waals surface area contributed by atoms with E-state index in [1.165, 1.54) is 6.26 Å². The number of aliphatic imine (C=N–C) groups is 1. The van der Waals surface area contributed by atoms with Gasteiger partial charge in [0.15, 0.2) is 5.96 Å². The third-order valence-corrected chi connectivity index (χ3v) is 4.05. The van der Waals surface area contributed by atoms with E-state index in [2.05, 4.69) is 29.5 Å². The predicted octanol–water partition coefficient (Wildman–Crippen LogP) is 1.66. The number of nitrogens with zero attached hydrogens (tertiary/aromatic N) is 1. The van der Waals surface area contributed by atoms with Crippen LogP contribution in [0.4, 0.5) is 0 Å². The van der Waals surface area contributed by atoms with Crippen LogP contribution in [0.5, 0.6) is 0 Å². The maximum absolute atomic E-state index is 10.9. The Kier molecular flexibility index (Phi) is 15.9. The van der Waals surface area contributed by atoms with E-state index in [1.54, 1.807) is 0 Å². The molecule has 0 saturated carbocycles. The molecule has 0 aliphatic carbocycles. The summed E-state index contributed by atoms with van der Waals surface area (Å²) in [6, 6.07) is 0. The quantitative estimate of drug-likeness (QED) is 0.217. The van der Waals surface area contributed by atoms with Gasteiger partial charge in [-0.3, -0.25) is 4.99 Å². The molecule has 0 rings (SSSR count). The van der Waals surface area contributed by atoms with Crippen molar-refractivity contribution >= 4 is 39.8 Å². The van der Waals surface area contributed by atoms with Gasteiger partial charge in [0.25, 0.3) is 0 Å². The molecule has 2 N–H and O–H groups in total. The summed E-state index contributed by atoms with van der Waals surface area (Å²) in [7, 11) is -2.94. The minimum Gasteiger partial charge on any atom is -0.379 e. The highest BCUT2D eigenvalue weighted by Crippen LogP contribution is 2.06. The highest BCUT2D eigenvalue weighted by Gasteiger charge is 2.04. The van der Waals surface area contributed by atoms with Crippen molar-refractivity contribution in [3.05, 3.63) is 0 Å². The molecule has 22 heavy (non-hydrogen) atoms. The molecular weight excluding hydrogens is 417 g/mol. The van der Waals surface area contributed by atoms with Crippen LogP contribution in [-0.4, -0.2) is 59.2 Å². The zero-order valence-electron chi connectivity index (χ0n) is 14.2. The summed E-state index contributed by atoms with van der Waals surface area (Å²) in [6.45, 7) is 9.32. The SMILES string of the molecule is CCNC(=NCC(CC)CC)NCCOCCS(C)(=O)=O.I. The second-order valence-corrected chi connectivity index (χ2v) is 7.33. The average Bonchev–Trinajstić information content (AvgIpc) is 2.42. The van der Waals surface area contributed by atoms with Gasteiger partial charge in [-0.2, -0.15) is 0 Å². The lowest BCUT2D eigenvalue weighted by Crippen LogP contribution is -2.39. The monoisotopic (exact) mass is 449 g/mol. The molecule has 0 unspecified atom stereocenters. The molecule has 0 aromatic heterocycles. The maximum Gasteiger partial charge on any atom is 0.191 e. The molecule has 0 atom stereocenters. The Balaban J connectivity index is 0. The highest BCUT2D eigenvalue weighted by molar-refractivity contribution is 14.0. The number of sulfone groups is 1. The van der Waals surface area contributed by atoms with Crippen LogP contribution >= 0.6 is 24.0 Å². The number of guanidine groups is 1. The molecular formula is C14H32IN3O3S. The number of nitrogens with one attached hydrogen (secondary N) is 2. The zero-order chi connectivity index (χ0) is 16.1. The van der Waals surface area contributed by atoms with Crippen LogP contribution in [0.3, 0.4) is 0 Å². The van der Waals surface area contributed by atoms with Crippen molar-refractivity contribution in [1.82, 2.24) is 10.6 Å². The van der Waals surface area contributed by atoms with E-state index in [9.17, 15) is 8.42 Å². The Morgan fingerprint density at radius 2 is 1.77 bits per heavy atom. The van der Waals surface area contributed by atoms with Crippen LogP contribution in [0, 0.1) is 5.92 Å². The first-order valence-corrected chi connectivity index (χ1v) is 9.76. The molecule has 0 saturated heterocycles. The lowest BCUT2D eigenvalue weighted by Gasteiger charge is -2.14. The first kappa shape index (κ1) is 24.2. The summed E-state index contributed by atoms with van der Waals surface area (Å²) in [6.07, 6.45) is 3.48. The fourth-order valence-electron chi connectivity index (χ4n) is 1.66. The standard InChI is InChI=1S/C14H31N3O3S.HI/c1-5-13(6-2)12-17-14(15-7-3)16-8-9-20-10-11-21(4,18)19;/h13H,5-12H2,1-4H3,(H2,15,16,17);1H. The molecule has 0 amide bonds. The normalized spacial score (nSPS) is 12.1. The largest absolute Gasteiger partial charge is 0.379 e. The Bertz CT molecular complexity index is 385. The van der Waals surface area contributed by atoms with E-state index in [1.807, 2.05) is 6.92 Å². The van der Waals surface area contributed by atoms with Crippen molar-refractivity contribution in [2.75, 3.05) is 44.9 Å². The summed E-state index contributed by atoms with van der Waals surface area (Å²) in [5.74, 6) is 1.47. The number of ether oxygens (including phenoxy) is 1. The highest BCUT2D eigenvalue weighted by atomic mass is 127. The van der Waals surface area contributed by atoms with E-state index in [-0.39, 0.29) is 36.3 Å². The van der Waals surface area contributed by atoms with Crippen molar-refractivity contribution in [1.29, 1.82) is 0 Å². The maximum atomic E-state index is 10.9. The third kappa shape index (κ3) is 14.8. The average molecular weight is 449 g/mol. The van der Waals surface area contributed by atoms with Crippen LogP contribution < -0.4 is 10.6 Å². The van der Waals surface area contributed by atoms with Crippen molar-refractivity contribution in [3.63, 3.8) is 0 Å². The summed E-state index contributed by atoms with van der Waals surface area (Å²) >= 11 is 0. The fraction of sp³-hybridized carbons (Fsp3) is 0.929. The van der Waals surface area contributed by atoms with Gasteiger partial charge >= 0.3 is 0 Å². The molecule has 0 spiro atoms. The van der Waals surface area contributed by atoms with Gasteiger partial charge in [0.1, 0.15) is 9.84 Å². The van der Waals surface area contributed by atoms with Crippen LogP contribution in [0.2, 0.25) is 0 Å². The summed E-state index contributed by atoms with van der Waals surface area (Å²) in [4.78, 5) is 4.56. The predicted molar refractivity (Wildman–Crippen MR) is 104 cm³/mol. The number of hydrogen-bond donors (Lipinski definition) is 2. The minimum absolute atomic E-state index is 0. The van der Waals surface area contributed by atoms with Crippen LogP contribution in [0.25, 0.3) is 0 Å². The molecule has 0 aliphatic heterocycles. The van der Waals surface area contributed by atoms with E-state index in [0.717, 1.165) is 31.9 Å². The van der Waals surface area contributed by atoms with E-state index in [4.69, 9.17) is 4.74 Å². The Labute approximate surface area is 152 Å². The fourth-order valence-corrected chi connectivity index (χ4v) is 2.08. The topological polar surface area (TPSA) is 79.8 Å². The molecule has 0 aromatic rings. The molecule has 0 radical (unpaired) electrons. The van der Waals surface area contributed by atoms with Crippen molar-refractivity contribution < 1.29 is 13.2 Å². The van der Waals surface area contributed by atoms with Gasteiger partial charge in [0.05, 0.1) is 19.0 Å². The molecule has 134 valence electrons. The smallest absolute Gasteiger partial charge is 0.191 e. The van der Waals surface area contributed by atoms with E-state index < -0.39 is 9.84 Å². The Hall–Kier alpha value is -0.0900. The number of halogens is 1. The van der Waals surface area contributed by atoms with Gasteiger partial charge in [-0.25, -0.2) is 8.42 Å². The second-order valence-electron chi connectivity index (χ2n) is 5.07. The zero-order valence-corrected chi connectivity index (χ0v) is 17.4. The molecule has 8 heteroatoms. The summed E-state index contributed by atoms with van der Waals surface area (Å²) < 4.78 is 27.2. The van der Waals surface area contributed by atoms with Crippen molar-refractivity contribution in [2.24, 2.45) is 10.9 Å². The Morgan fingerprint density at radius 3 is 2.27 bits per heavy atom. The van der Waals surface area contributed by atoms with Crippen molar-refractivity contribution in [2.45, 2.75) is 33.6 Å². The molecule has 0 aromatic carbocycles. The van der Waals surface area contributed by atoms with Gasteiger partial charge in [-0.1, -0.05) is 26.7 Å². The second kappa shape index (κ2) is 14.5. The molecule has 6 nitrogen and oxygen atoms in total. The molecule has 0 bridgehead atoms. The van der Waals surface area contributed by atoms with Gasteiger partial charge in [-0.15, -0.1) is 24.0 Å². The van der Waals surface area contributed by atoms with Gasteiger partial charge in [0.2, 0.25) is 0 Å². The first-order valence-electron chi connectivity index (χ1n) is 7.70.